The van der Waals surface area contributed by atoms with Gasteiger partial charge >= 0.3 is 0 Å². The number of hydrogen-bond acceptors (Lipinski definition) is 1. The number of hydrogen-bond donors (Lipinski definition) is 0. The predicted octanol–water partition coefficient (Wildman–Crippen LogP) is 3.89. The van der Waals surface area contributed by atoms with Gasteiger partial charge in [-0.25, -0.2) is 4.39 Å². The maximum Gasteiger partial charge on any atom is 0.165 e. The lowest BCUT2D eigenvalue weighted by molar-refractivity contribution is 0.199. The van der Waals surface area contributed by atoms with Gasteiger partial charge in [0.2, 0.25) is 0 Å². The maximum absolute atomic E-state index is 13.5. The Morgan fingerprint density at radius 1 is 1.33 bits per heavy atom. The van der Waals surface area contributed by atoms with E-state index in [1.807, 2.05) is 0 Å². The fourth-order valence-corrected chi connectivity index (χ4v) is 2.17. The standard InChI is InChI=1S/C12H14ClFO/c13-8-9-4-3-7-11(14)12(9)15-10-5-1-2-6-10/h3-4,7,10H,1-2,5-6,8H2. The Kier molecular flexibility index (Phi) is 3.47. The highest BCUT2D eigenvalue weighted by atomic mass is 35.5. The van der Waals surface area contributed by atoms with Gasteiger partial charge in [0.25, 0.3) is 0 Å². The van der Waals surface area contributed by atoms with E-state index in [9.17, 15) is 4.39 Å². The van der Waals surface area contributed by atoms with E-state index < -0.39 is 0 Å². The topological polar surface area (TPSA) is 9.23 Å². The summed E-state index contributed by atoms with van der Waals surface area (Å²) in [7, 11) is 0. The molecule has 0 saturated heterocycles. The number of rotatable bonds is 3. The van der Waals surface area contributed by atoms with Crippen LogP contribution < -0.4 is 4.74 Å². The average molecular weight is 229 g/mol. The third-order valence-corrected chi connectivity index (χ3v) is 3.07. The molecule has 82 valence electrons. The summed E-state index contributed by atoms with van der Waals surface area (Å²) in [5, 5.41) is 0. The van der Waals surface area contributed by atoms with Crippen LogP contribution in [0.3, 0.4) is 0 Å². The first-order valence-electron chi connectivity index (χ1n) is 5.31. The van der Waals surface area contributed by atoms with Crippen LogP contribution >= 0.6 is 11.6 Å². The van der Waals surface area contributed by atoms with Crippen molar-refractivity contribution < 1.29 is 9.13 Å². The quantitative estimate of drug-likeness (QED) is 0.714. The Hall–Kier alpha value is -0.760. The van der Waals surface area contributed by atoms with Gasteiger partial charge in [-0.3, -0.25) is 0 Å². The van der Waals surface area contributed by atoms with Crippen LogP contribution in [0.5, 0.6) is 5.75 Å². The van der Waals surface area contributed by atoms with Crippen LogP contribution in [0.1, 0.15) is 31.2 Å². The molecule has 1 fully saturated rings. The molecule has 1 saturated carbocycles. The fraction of sp³-hybridized carbons (Fsp3) is 0.500. The molecule has 0 unspecified atom stereocenters. The summed E-state index contributed by atoms with van der Waals surface area (Å²) in [6.07, 6.45) is 4.57. The summed E-state index contributed by atoms with van der Waals surface area (Å²) in [6.45, 7) is 0. The van der Waals surface area contributed by atoms with Crippen LogP contribution in [0.15, 0.2) is 18.2 Å². The van der Waals surface area contributed by atoms with E-state index in [0.29, 0.717) is 11.6 Å². The molecule has 0 radical (unpaired) electrons. The lowest BCUT2D eigenvalue weighted by Crippen LogP contribution is -2.13. The highest BCUT2D eigenvalue weighted by Crippen LogP contribution is 2.29. The van der Waals surface area contributed by atoms with Gasteiger partial charge in [0.1, 0.15) is 0 Å². The molecule has 0 amide bonds. The van der Waals surface area contributed by atoms with Gasteiger partial charge in [0, 0.05) is 5.56 Å². The number of alkyl halides is 1. The highest BCUT2D eigenvalue weighted by Gasteiger charge is 2.19. The second-order valence-electron chi connectivity index (χ2n) is 3.89. The van der Waals surface area contributed by atoms with Gasteiger partial charge in [0.15, 0.2) is 11.6 Å². The van der Waals surface area contributed by atoms with Crippen LogP contribution in [-0.4, -0.2) is 6.10 Å². The van der Waals surface area contributed by atoms with Gasteiger partial charge in [-0.15, -0.1) is 11.6 Å². The summed E-state index contributed by atoms with van der Waals surface area (Å²) < 4.78 is 19.2. The van der Waals surface area contributed by atoms with Crippen molar-refractivity contribution in [3.05, 3.63) is 29.6 Å². The van der Waals surface area contributed by atoms with E-state index in [2.05, 4.69) is 0 Å². The van der Waals surface area contributed by atoms with Crippen LogP contribution in [0.4, 0.5) is 4.39 Å². The third-order valence-electron chi connectivity index (χ3n) is 2.78. The molecule has 0 spiro atoms. The highest BCUT2D eigenvalue weighted by molar-refractivity contribution is 6.17. The smallest absolute Gasteiger partial charge is 0.165 e. The summed E-state index contributed by atoms with van der Waals surface area (Å²) in [5.41, 5.74) is 0.739. The SMILES string of the molecule is Fc1cccc(CCl)c1OC1CCCC1. The number of ether oxygens (including phenoxy) is 1. The molecule has 1 aliphatic rings. The van der Waals surface area contributed by atoms with Crippen molar-refractivity contribution in [2.24, 2.45) is 0 Å². The van der Waals surface area contributed by atoms with Gasteiger partial charge in [-0.05, 0) is 31.7 Å². The van der Waals surface area contributed by atoms with E-state index in [4.69, 9.17) is 16.3 Å². The van der Waals surface area contributed by atoms with Crippen molar-refractivity contribution >= 4 is 11.6 Å². The zero-order chi connectivity index (χ0) is 10.7. The Labute approximate surface area is 94.2 Å². The lowest BCUT2D eigenvalue weighted by atomic mass is 10.2. The van der Waals surface area contributed by atoms with E-state index in [0.717, 1.165) is 18.4 Å². The van der Waals surface area contributed by atoms with Crippen LogP contribution in [0, 0.1) is 5.82 Å². The van der Waals surface area contributed by atoms with Crippen molar-refractivity contribution in [2.75, 3.05) is 0 Å². The Morgan fingerprint density at radius 3 is 2.73 bits per heavy atom. The molecule has 1 aromatic carbocycles. The summed E-state index contributed by atoms with van der Waals surface area (Å²) >= 11 is 5.74. The minimum atomic E-state index is -0.306. The molecule has 0 bridgehead atoms. The van der Waals surface area contributed by atoms with E-state index in [1.165, 1.54) is 18.9 Å². The molecular weight excluding hydrogens is 215 g/mol. The third kappa shape index (κ3) is 2.43. The summed E-state index contributed by atoms with van der Waals surface area (Å²) in [4.78, 5) is 0. The van der Waals surface area contributed by atoms with Crippen molar-refractivity contribution in [2.45, 2.75) is 37.7 Å². The molecule has 0 aliphatic heterocycles. The van der Waals surface area contributed by atoms with Gasteiger partial charge in [-0.1, -0.05) is 12.1 Å². The number of benzene rings is 1. The molecule has 0 atom stereocenters. The molecule has 1 nitrogen and oxygen atoms in total. The minimum Gasteiger partial charge on any atom is -0.487 e. The Balaban J connectivity index is 2.17. The summed E-state index contributed by atoms with van der Waals surface area (Å²) in [5.74, 6) is 0.333. The van der Waals surface area contributed by atoms with Crippen molar-refractivity contribution in [3.63, 3.8) is 0 Å². The van der Waals surface area contributed by atoms with E-state index in [-0.39, 0.29) is 11.9 Å². The maximum atomic E-state index is 13.5. The molecule has 3 heteroatoms. The van der Waals surface area contributed by atoms with Crippen LogP contribution in [-0.2, 0) is 5.88 Å². The largest absolute Gasteiger partial charge is 0.487 e. The number of halogens is 2. The van der Waals surface area contributed by atoms with Gasteiger partial charge < -0.3 is 4.74 Å². The lowest BCUT2D eigenvalue weighted by Gasteiger charge is -2.16. The van der Waals surface area contributed by atoms with Crippen molar-refractivity contribution in [1.82, 2.24) is 0 Å². The minimum absolute atomic E-state index is 0.170. The van der Waals surface area contributed by atoms with E-state index >= 15 is 0 Å². The van der Waals surface area contributed by atoms with E-state index in [1.54, 1.807) is 12.1 Å². The van der Waals surface area contributed by atoms with Gasteiger partial charge in [-0.2, -0.15) is 0 Å². The second-order valence-corrected chi connectivity index (χ2v) is 4.15. The monoisotopic (exact) mass is 228 g/mol. The second kappa shape index (κ2) is 4.84. The predicted molar refractivity (Wildman–Crippen MR) is 58.8 cm³/mol. The molecule has 0 aromatic heterocycles. The first kappa shape index (κ1) is 10.7. The van der Waals surface area contributed by atoms with Crippen LogP contribution in [0.2, 0.25) is 0 Å². The average Bonchev–Trinajstić information content (AvgIpc) is 2.74. The normalized spacial score (nSPS) is 16.9. The first-order valence-corrected chi connectivity index (χ1v) is 5.84. The molecule has 0 N–H and O–H groups in total. The fourth-order valence-electron chi connectivity index (χ4n) is 1.96. The Morgan fingerprint density at radius 2 is 2.07 bits per heavy atom. The Bertz CT molecular complexity index is 334. The zero-order valence-electron chi connectivity index (χ0n) is 8.51. The molecule has 1 aromatic rings. The van der Waals surface area contributed by atoms with Crippen LogP contribution in [0.25, 0.3) is 0 Å². The van der Waals surface area contributed by atoms with Crippen molar-refractivity contribution in [1.29, 1.82) is 0 Å². The molecule has 15 heavy (non-hydrogen) atoms. The summed E-state index contributed by atoms with van der Waals surface area (Å²) in [6, 6.07) is 4.88. The molecule has 0 heterocycles. The number of para-hydroxylation sites is 1. The van der Waals surface area contributed by atoms with Crippen molar-refractivity contribution in [3.8, 4) is 5.75 Å². The van der Waals surface area contributed by atoms with Gasteiger partial charge in [0.05, 0.1) is 12.0 Å². The zero-order valence-corrected chi connectivity index (χ0v) is 9.27. The molecular formula is C12H14ClFO. The molecule has 2 rings (SSSR count). The molecule has 1 aliphatic carbocycles. The first-order chi connectivity index (χ1) is 7.31.